The molecule has 0 fully saturated rings. The number of hydrogen-bond donors (Lipinski definition) is 0. The van der Waals surface area contributed by atoms with E-state index in [-0.39, 0.29) is 0 Å². The van der Waals surface area contributed by atoms with Gasteiger partial charge in [-0.2, -0.15) is 0 Å². The fraction of sp³-hybridized carbons (Fsp3) is 0.273. The molecule has 0 unspecified atom stereocenters. The molecule has 0 N–H and O–H groups in total. The molecule has 0 bridgehead atoms. The summed E-state index contributed by atoms with van der Waals surface area (Å²) < 4.78 is 0. The number of allylic oxidation sites excluding steroid dienone is 6. The van der Waals surface area contributed by atoms with Crippen LogP contribution in [0, 0.1) is 23.7 Å². The molecule has 6 rings (SSSR count). The van der Waals surface area contributed by atoms with E-state index in [2.05, 4.69) is 110 Å². The maximum atomic E-state index is 5.18. The van der Waals surface area contributed by atoms with Crippen molar-refractivity contribution in [1.29, 1.82) is 0 Å². The van der Waals surface area contributed by atoms with Crippen molar-refractivity contribution in [3.8, 4) is 33.7 Å². The third-order valence-corrected chi connectivity index (χ3v) is 10.5. The van der Waals surface area contributed by atoms with Gasteiger partial charge in [0.05, 0.1) is 11.4 Å². The Bertz CT molecular complexity index is 1940. The van der Waals surface area contributed by atoms with Crippen LogP contribution in [-0.4, -0.2) is 9.97 Å². The number of hydrogen-bond acceptors (Lipinski definition) is 4. The summed E-state index contributed by atoms with van der Waals surface area (Å²) in [7, 11) is 0. The zero-order valence-corrected chi connectivity index (χ0v) is 29.5. The Morgan fingerprint density at radius 1 is 0.583 bits per heavy atom. The molecule has 4 heteroatoms. The van der Waals surface area contributed by atoms with Crippen molar-refractivity contribution in [3.63, 3.8) is 0 Å². The lowest BCUT2D eigenvalue weighted by Crippen LogP contribution is -1.91. The lowest BCUT2D eigenvalue weighted by Gasteiger charge is -1.99. The second kappa shape index (κ2) is 16.9. The predicted molar refractivity (Wildman–Crippen MR) is 205 cm³/mol. The normalized spacial score (nSPS) is 12.5. The van der Waals surface area contributed by atoms with E-state index in [4.69, 9.17) is 9.97 Å². The first-order valence-corrected chi connectivity index (χ1v) is 18.8. The summed E-state index contributed by atoms with van der Waals surface area (Å²) in [5.41, 5.74) is 15.2. The van der Waals surface area contributed by atoms with E-state index in [1.807, 2.05) is 24.3 Å². The molecule has 0 aliphatic heterocycles. The minimum absolute atomic E-state index is 0.933. The molecule has 2 aliphatic carbocycles. The fourth-order valence-corrected chi connectivity index (χ4v) is 7.62. The third kappa shape index (κ3) is 8.82. The Balaban J connectivity index is 1.31. The van der Waals surface area contributed by atoms with Gasteiger partial charge in [0.1, 0.15) is 9.75 Å². The smallest absolute Gasteiger partial charge is 0.153 e. The van der Waals surface area contributed by atoms with Crippen molar-refractivity contribution in [2.24, 2.45) is 0 Å². The van der Waals surface area contributed by atoms with E-state index in [0.717, 1.165) is 90.2 Å². The first-order valence-electron chi connectivity index (χ1n) is 17.2. The zero-order chi connectivity index (χ0) is 33.0. The maximum Gasteiger partial charge on any atom is 0.153 e. The van der Waals surface area contributed by atoms with Crippen molar-refractivity contribution < 1.29 is 0 Å². The molecule has 0 atom stereocenters. The molecule has 2 aromatic carbocycles. The molecule has 4 aromatic rings. The van der Waals surface area contributed by atoms with Gasteiger partial charge in [0.2, 0.25) is 0 Å². The van der Waals surface area contributed by atoms with Crippen LogP contribution in [-0.2, 0) is 12.8 Å². The third-order valence-electron chi connectivity index (χ3n) is 8.30. The molecule has 48 heavy (non-hydrogen) atoms. The summed E-state index contributed by atoms with van der Waals surface area (Å²) in [5, 5.41) is 1.90. The summed E-state index contributed by atoms with van der Waals surface area (Å²) >= 11 is 3.34. The fourth-order valence-electron chi connectivity index (χ4n) is 5.67. The van der Waals surface area contributed by atoms with Crippen molar-refractivity contribution in [2.75, 3.05) is 0 Å². The van der Waals surface area contributed by atoms with Crippen LogP contribution in [0.25, 0.3) is 21.2 Å². The number of rotatable bonds is 13. The zero-order valence-electron chi connectivity index (χ0n) is 27.9. The SMILES string of the molecule is CCCCCCc1nc(-c2nc(CCCCCC)c(C#Cc3cccc(C4=C=CC=C4)c3)s2)sc1C#Cc1cccc(C2=C=CC=C2)c1. The standard InChI is InChI=1S/C44H40N2S2/c1-3-5-7-9-25-39-41(29-27-33-17-15-23-37(31-33)35-19-11-12-20-35)47-43(45-39)44-46-40(26-10-8-6-4-2)42(48-44)30-28-34-18-16-24-38(32-34)36-21-13-14-22-36/h11-19,21,23-24,31-32H,3-10,25-26H2,1-2H3. The van der Waals surface area contributed by atoms with Crippen LogP contribution in [0.4, 0.5) is 0 Å². The molecule has 0 saturated carbocycles. The van der Waals surface area contributed by atoms with Gasteiger partial charge in [-0.1, -0.05) is 101 Å². The van der Waals surface area contributed by atoms with E-state index < -0.39 is 0 Å². The van der Waals surface area contributed by atoms with Crippen molar-refractivity contribution in [1.82, 2.24) is 9.97 Å². The number of aryl methyl sites for hydroxylation is 2. The average Bonchev–Trinajstić information content (AvgIpc) is 3.95. The number of benzene rings is 2. The van der Waals surface area contributed by atoms with Crippen LogP contribution in [0.3, 0.4) is 0 Å². The molecular formula is C44H40N2S2. The highest BCUT2D eigenvalue weighted by Crippen LogP contribution is 2.34. The number of nitrogens with zero attached hydrogens (tertiary/aromatic N) is 2. The maximum absolute atomic E-state index is 5.18. The molecule has 2 nitrogen and oxygen atoms in total. The van der Waals surface area contributed by atoms with Gasteiger partial charge in [-0.15, -0.1) is 34.1 Å². The van der Waals surface area contributed by atoms with Gasteiger partial charge in [-0.3, -0.25) is 0 Å². The number of unbranched alkanes of at least 4 members (excludes halogenated alkanes) is 6. The second-order valence-electron chi connectivity index (χ2n) is 12.0. The Morgan fingerprint density at radius 3 is 1.48 bits per heavy atom. The van der Waals surface area contributed by atoms with Gasteiger partial charge in [-0.05, 0) is 97.2 Å². The Kier molecular flexibility index (Phi) is 11.7. The highest BCUT2D eigenvalue weighted by atomic mass is 32.1. The second-order valence-corrected chi connectivity index (χ2v) is 14.0. The minimum atomic E-state index is 0.933. The molecule has 0 amide bonds. The van der Waals surface area contributed by atoms with E-state index in [1.165, 1.54) is 38.5 Å². The van der Waals surface area contributed by atoms with Gasteiger partial charge in [0.25, 0.3) is 0 Å². The summed E-state index contributed by atoms with van der Waals surface area (Å²) in [6.45, 7) is 4.50. The Labute approximate surface area is 294 Å². The average molecular weight is 661 g/mol. The lowest BCUT2D eigenvalue weighted by molar-refractivity contribution is 0.661. The topological polar surface area (TPSA) is 25.8 Å². The van der Waals surface area contributed by atoms with Gasteiger partial charge in [0, 0.05) is 22.3 Å². The molecule has 0 radical (unpaired) electrons. The molecule has 0 saturated heterocycles. The summed E-state index contributed by atoms with van der Waals surface area (Å²) in [4.78, 5) is 12.4. The minimum Gasteiger partial charge on any atom is -0.237 e. The molecule has 238 valence electrons. The molecule has 2 aromatic heterocycles. The number of thiazole rings is 2. The van der Waals surface area contributed by atoms with Crippen LogP contribution >= 0.6 is 22.7 Å². The van der Waals surface area contributed by atoms with E-state index in [1.54, 1.807) is 22.7 Å². The molecular weight excluding hydrogens is 621 g/mol. The van der Waals surface area contributed by atoms with E-state index in [0.29, 0.717) is 0 Å². The van der Waals surface area contributed by atoms with E-state index >= 15 is 0 Å². The van der Waals surface area contributed by atoms with Gasteiger partial charge in [-0.25, -0.2) is 9.97 Å². The van der Waals surface area contributed by atoms with Crippen molar-refractivity contribution >= 4 is 33.8 Å². The summed E-state index contributed by atoms with van der Waals surface area (Å²) in [5.74, 6) is 13.9. The summed E-state index contributed by atoms with van der Waals surface area (Å²) in [6.07, 6.45) is 23.5. The largest absolute Gasteiger partial charge is 0.237 e. The van der Waals surface area contributed by atoms with Gasteiger partial charge >= 0.3 is 0 Å². The molecule has 2 aliphatic rings. The van der Waals surface area contributed by atoms with Gasteiger partial charge in [0.15, 0.2) is 10.0 Å². The molecule has 0 spiro atoms. The van der Waals surface area contributed by atoms with Crippen LogP contribution in [0.5, 0.6) is 0 Å². The van der Waals surface area contributed by atoms with Crippen molar-refractivity contribution in [2.45, 2.75) is 78.1 Å². The van der Waals surface area contributed by atoms with Crippen LogP contribution in [0.2, 0.25) is 0 Å². The number of aromatic nitrogens is 2. The Hall–Kier alpha value is -4.66. The lowest BCUT2D eigenvalue weighted by atomic mass is 10.0. The van der Waals surface area contributed by atoms with Crippen LogP contribution in [0.1, 0.15) is 109 Å². The van der Waals surface area contributed by atoms with Crippen LogP contribution in [0.15, 0.2) is 96.4 Å². The highest BCUT2D eigenvalue weighted by molar-refractivity contribution is 7.22. The quantitative estimate of drug-likeness (QED) is 0.0810. The van der Waals surface area contributed by atoms with Gasteiger partial charge < -0.3 is 0 Å². The van der Waals surface area contributed by atoms with Crippen molar-refractivity contribution in [3.05, 3.63) is 140 Å². The monoisotopic (exact) mass is 660 g/mol. The molecule has 2 heterocycles. The Morgan fingerprint density at radius 2 is 1.06 bits per heavy atom. The summed E-state index contributed by atoms with van der Waals surface area (Å²) in [6, 6.07) is 16.8. The highest BCUT2D eigenvalue weighted by Gasteiger charge is 2.17. The first kappa shape index (κ1) is 33.2. The first-order chi connectivity index (χ1) is 23.7. The van der Waals surface area contributed by atoms with Crippen LogP contribution < -0.4 is 0 Å². The van der Waals surface area contributed by atoms with E-state index in [9.17, 15) is 0 Å². The predicted octanol–water partition coefficient (Wildman–Crippen LogP) is 11.5.